The van der Waals surface area contributed by atoms with Crippen LogP contribution in [0.1, 0.15) is 10.4 Å². The van der Waals surface area contributed by atoms with E-state index in [0.717, 1.165) is 21.8 Å². The summed E-state index contributed by atoms with van der Waals surface area (Å²) < 4.78 is 6.59. The van der Waals surface area contributed by atoms with E-state index in [1.807, 2.05) is 43.7 Å². The second kappa shape index (κ2) is 7.59. The van der Waals surface area contributed by atoms with Gasteiger partial charge in [0.2, 0.25) is 0 Å². The highest BCUT2D eigenvalue weighted by molar-refractivity contribution is 9.11. The van der Waals surface area contributed by atoms with Crippen LogP contribution < -0.4 is 10.1 Å². The van der Waals surface area contributed by atoms with E-state index in [9.17, 15) is 4.79 Å². The molecule has 1 amide bonds. The molecule has 4 nitrogen and oxygen atoms in total. The molecule has 21 heavy (non-hydrogen) atoms. The molecular formula is C15H17BrN2O2S. The van der Waals surface area contributed by atoms with Gasteiger partial charge < -0.3 is 15.0 Å². The fourth-order valence-corrected chi connectivity index (χ4v) is 2.78. The predicted octanol–water partition coefficient (Wildman–Crippen LogP) is 3.70. The first-order chi connectivity index (χ1) is 10.0. The molecule has 0 saturated carbocycles. The predicted molar refractivity (Wildman–Crippen MR) is 90.5 cm³/mol. The van der Waals surface area contributed by atoms with Crippen molar-refractivity contribution < 1.29 is 9.53 Å². The van der Waals surface area contributed by atoms with E-state index in [-0.39, 0.29) is 5.91 Å². The van der Waals surface area contributed by atoms with Crippen LogP contribution in [0.4, 0.5) is 5.69 Å². The standard InChI is InChI=1S/C15H17BrN2O2S/c1-18(2)6-7-20-13-5-3-4-12(9-13)17-15(19)11-8-14(16)21-10-11/h3-5,8-10H,6-7H2,1-2H3,(H,17,19). The molecule has 0 radical (unpaired) electrons. The maximum Gasteiger partial charge on any atom is 0.256 e. The van der Waals surface area contributed by atoms with Crippen molar-refractivity contribution in [2.75, 3.05) is 32.6 Å². The second-order valence-corrected chi connectivity index (χ2v) is 7.06. The van der Waals surface area contributed by atoms with E-state index in [4.69, 9.17) is 4.74 Å². The molecule has 0 aliphatic heterocycles. The van der Waals surface area contributed by atoms with Crippen molar-refractivity contribution in [2.45, 2.75) is 0 Å². The van der Waals surface area contributed by atoms with Crippen molar-refractivity contribution >= 4 is 38.9 Å². The Balaban J connectivity index is 1.96. The van der Waals surface area contributed by atoms with E-state index in [1.54, 1.807) is 6.07 Å². The lowest BCUT2D eigenvalue weighted by Gasteiger charge is -2.12. The number of thiophene rings is 1. The van der Waals surface area contributed by atoms with E-state index in [2.05, 4.69) is 26.1 Å². The molecule has 6 heteroatoms. The number of rotatable bonds is 6. The minimum atomic E-state index is -0.123. The van der Waals surface area contributed by atoms with E-state index in [0.29, 0.717) is 12.2 Å². The number of carbonyl (C=O) groups is 1. The first-order valence-electron chi connectivity index (χ1n) is 6.47. The minimum Gasteiger partial charge on any atom is -0.492 e. The van der Waals surface area contributed by atoms with Crippen molar-refractivity contribution in [1.29, 1.82) is 0 Å². The van der Waals surface area contributed by atoms with Gasteiger partial charge in [-0.1, -0.05) is 6.07 Å². The summed E-state index contributed by atoms with van der Waals surface area (Å²) in [7, 11) is 4.00. The molecule has 0 fully saturated rings. The monoisotopic (exact) mass is 368 g/mol. The number of likely N-dealkylation sites (N-methyl/N-ethyl adjacent to an activating group) is 1. The topological polar surface area (TPSA) is 41.6 Å². The third-order valence-electron chi connectivity index (χ3n) is 2.73. The Hall–Kier alpha value is -1.37. The van der Waals surface area contributed by atoms with Crippen LogP contribution in [0.15, 0.2) is 39.5 Å². The summed E-state index contributed by atoms with van der Waals surface area (Å²) in [6.45, 7) is 1.46. The van der Waals surface area contributed by atoms with Crippen LogP contribution in [0.5, 0.6) is 5.75 Å². The van der Waals surface area contributed by atoms with Gasteiger partial charge in [0.25, 0.3) is 5.91 Å². The van der Waals surface area contributed by atoms with Crippen molar-refractivity contribution in [3.63, 3.8) is 0 Å². The number of halogens is 1. The molecule has 0 atom stereocenters. The maximum absolute atomic E-state index is 12.1. The zero-order valence-corrected chi connectivity index (χ0v) is 14.3. The average Bonchev–Trinajstić information content (AvgIpc) is 2.85. The molecule has 1 aromatic carbocycles. The largest absolute Gasteiger partial charge is 0.492 e. The van der Waals surface area contributed by atoms with Crippen LogP contribution in [0.3, 0.4) is 0 Å². The van der Waals surface area contributed by atoms with E-state index < -0.39 is 0 Å². The first kappa shape index (κ1) is 16.0. The lowest BCUT2D eigenvalue weighted by Crippen LogP contribution is -2.19. The molecule has 0 unspecified atom stereocenters. The van der Waals surface area contributed by atoms with Crippen LogP contribution in [0, 0.1) is 0 Å². The molecule has 0 aliphatic rings. The van der Waals surface area contributed by atoms with Gasteiger partial charge in [-0.05, 0) is 48.2 Å². The van der Waals surface area contributed by atoms with Gasteiger partial charge in [-0.3, -0.25) is 4.79 Å². The van der Waals surface area contributed by atoms with Crippen LogP contribution in [0.2, 0.25) is 0 Å². The molecule has 1 heterocycles. The number of nitrogens with zero attached hydrogens (tertiary/aromatic N) is 1. The zero-order chi connectivity index (χ0) is 15.2. The summed E-state index contributed by atoms with van der Waals surface area (Å²) in [6, 6.07) is 9.22. The number of benzene rings is 1. The number of anilines is 1. The molecule has 1 N–H and O–H groups in total. The van der Waals surface area contributed by atoms with Crippen LogP contribution >= 0.6 is 27.3 Å². The van der Waals surface area contributed by atoms with Crippen molar-refractivity contribution in [2.24, 2.45) is 0 Å². The fraction of sp³-hybridized carbons (Fsp3) is 0.267. The van der Waals surface area contributed by atoms with Gasteiger partial charge in [0.05, 0.1) is 9.35 Å². The Labute approximate surface area is 136 Å². The van der Waals surface area contributed by atoms with Crippen molar-refractivity contribution in [3.05, 3.63) is 45.1 Å². The molecule has 0 aliphatic carbocycles. The Morgan fingerprint density at radius 3 is 2.86 bits per heavy atom. The van der Waals surface area contributed by atoms with Crippen molar-refractivity contribution in [3.8, 4) is 5.75 Å². The lowest BCUT2D eigenvalue weighted by atomic mass is 10.2. The number of ether oxygens (including phenoxy) is 1. The van der Waals surface area contributed by atoms with Gasteiger partial charge in [0, 0.05) is 23.7 Å². The maximum atomic E-state index is 12.1. The summed E-state index contributed by atoms with van der Waals surface area (Å²) >= 11 is 4.84. The highest BCUT2D eigenvalue weighted by atomic mass is 79.9. The quantitative estimate of drug-likeness (QED) is 0.844. The summed E-state index contributed by atoms with van der Waals surface area (Å²) in [6.07, 6.45) is 0. The summed E-state index contributed by atoms with van der Waals surface area (Å²) in [5.74, 6) is 0.628. The molecule has 112 valence electrons. The van der Waals surface area contributed by atoms with Gasteiger partial charge >= 0.3 is 0 Å². The number of hydrogen-bond acceptors (Lipinski definition) is 4. The third kappa shape index (κ3) is 5.15. The number of carbonyl (C=O) groups excluding carboxylic acids is 1. The van der Waals surface area contributed by atoms with E-state index in [1.165, 1.54) is 11.3 Å². The average molecular weight is 369 g/mol. The molecule has 2 rings (SSSR count). The third-order valence-corrected chi connectivity index (χ3v) is 4.23. The van der Waals surface area contributed by atoms with Crippen molar-refractivity contribution in [1.82, 2.24) is 4.90 Å². The fourth-order valence-electron chi connectivity index (χ4n) is 1.64. The normalized spacial score (nSPS) is 10.7. The van der Waals surface area contributed by atoms with Gasteiger partial charge in [-0.2, -0.15) is 0 Å². The molecule has 2 aromatic rings. The molecule has 0 spiro atoms. The first-order valence-corrected chi connectivity index (χ1v) is 8.15. The van der Waals surface area contributed by atoms with Crippen LogP contribution in [0.25, 0.3) is 0 Å². The molecule has 0 bridgehead atoms. The second-order valence-electron chi connectivity index (χ2n) is 4.77. The SMILES string of the molecule is CN(C)CCOc1cccc(NC(=O)c2csc(Br)c2)c1. The van der Waals surface area contributed by atoms with Gasteiger partial charge in [0.15, 0.2) is 0 Å². The Morgan fingerprint density at radius 2 is 2.19 bits per heavy atom. The number of nitrogens with one attached hydrogen (secondary N) is 1. The highest BCUT2D eigenvalue weighted by Gasteiger charge is 2.08. The molecule has 0 saturated heterocycles. The van der Waals surface area contributed by atoms with Crippen LogP contribution in [-0.2, 0) is 0 Å². The smallest absolute Gasteiger partial charge is 0.256 e. The zero-order valence-electron chi connectivity index (χ0n) is 11.9. The molecule has 1 aromatic heterocycles. The minimum absolute atomic E-state index is 0.123. The Bertz CT molecular complexity index is 613. The summed E-state index contributed by atoms with van der Waals surface area (Å²) in [5, 5.41) is 4.68. The lowest BCUT2D eigenvalue weighted by molar-refractivity contribution is 0.102. The summed E-state index contributed by atoms with van der Waals surface area (Å²) in [4.78, 5) is 14.1. The van der Waals surface area contributed by atoms with Gasteiger partial charge in [-0.15, -0.1) is 11.3 Å². The highest BCUT2D eigenvalue weighted by Crippen LogP contribution is 2.22. The van der Waals surface area contributed by atoms with E-state index >= 15 is 0 Å². The Kier molecular flexibility index (Phi) is 5.78. The van der Waals surface area contributed by atoms with Crippen LogP contribution in [-0.4, -0.2) is 38.1 Å². The number of hydrogen-bond donors (Lipinski definition) is 1. The number of amides is 1. The Morgan fingerprint density at radius 1 is 1.38 bits per heavy atom. The van der Waals surface area contributed by atoms with Gasteiger partial charge in [0.1, 0.15) is 12.4 Å². The summed E-state index contributed by atoms with van der Waals surface area (Å²) in [5.41, 5.74) is 1.37. The van der Waals surface area contributed by atoms with Gasteiger partial charge in [-0.25, -0.2) is 0 Å². The molecular weight excluding hydrogens is 352 g/mol.